The van der Waals surface area contributed by atoms with Gasteiger partial charge in [-0.3, -0.25) is 0 Å². The van der Waals surface area contributed by atoms with E-state index in [2.05, 4.69) is 0 Å². The molecule has 4 N–H and O–H groups in total. The number of hydrogen-bond donors (Lipinski definition) is 0. The molecule has 18 heavy (non-hydrogen) atoms. The van der Waals surface area contributed by atoms with Crippen LogP contribution < -0.4 is 20.4 Å². The summed E-state index contributed by atoms with van der Waals surface area (Å²) in [4.78, 5) is 35.6. The van der Waals surface area contributed by atoms with E-state index in [9.17, 15) is 0 Å². The second-order valence-electron chi connectivity index (χ2n) is 1.97. The summed E-state index contributed by atoms with van der Waals surface area (Å²) >= 11 is 0. The van der Waals surface area contributed by atoms with E-state index in [0.717, 1.165) is 27.7 Å². The molecule has 112 valence electrons. The molecule has 0 amide bonds. The molecule has 0 aliphatic carbocycles. The summed E-state index contributed by atoms with van der Waals surface area (Å²) in [6.07, 6.45) is 0. The van der Waals surface area contributed by atoms with Crippen LogP contribution in [0.15, 0.2) is 0 Å². The van der Waals surface area contributed by atoms with Crippen LogP contribution in [0.25, 0.3) is 0 Å². The van der Waals surface area contributed by atoms with Gasteiger partial charge in [0.2, 0.25) is 0 Å². The molecule has 0 saturated heterocycles. The van der Waals surface area contributed by atoms with Gasteiger partial charge in [-0.25, -0.2) is 0 Å². The molecule has 0 aromatic carbocycles. The van der Waals surface area contributed by atoms with Gasteiger partial charge in [0.05, 0.1) is 0 Å². The Balaban J connectivity index is -0.0000000257. The normalized spacial score (nSPS) is 5.56. The molecule has 0 heterocycles. The van der Waals surface area contributed by atoms with Crippen molar-refractivity contribution < 1.29 is 61.6 Å². The quantitative estimate of drug-likeness (QED) is 0.393. The van der Waals surface area contributed by atoms with Crippen molar-refractivity contribution in [3.8, 4) is 0 Å². The van der Waals surface area contributed by atoms with Crippen LogP contribution in [0.3, 0.4) is 0 Å². The summed E-state index contributed by atoms with van der Waals surface area (Å²) in [5.41, 5.74) is 0. The number of carbonyl (C=O) groups excluding carboxylic acids is 4. The number of carboxylic acids is 4. The van der Waals surface area contributed by atoms with Crippen LogP contribution in [-0.4, -0.2) is 23.9 Å². The molecule has 9 nitrogen and oxygen atoms in total. The molecule has 0 unspecified atom stereocenters. The Bertz CT molecular complexity index is 163. The zero-order chi connectivity index (χ0) is 14.3. The molecular formula is C8H16NiO9. The van der Waals surface area contributed by atoms with Crippen molar-refractivity contribution in [1.29, 1.82) is 0 Å². The van der Waals surface area contributed by atoms with Gasteiger partial charge < -0.3 is 45.1 Å². The largest absolute Gasteiger partial charge is 2.00 e. The number of rotatable bonds is 0. The fraction of sp³-hybridized carbons (Fsp3) is 0.500. The van der Waals surface area contributed by atoms with Gasteiger partial charge >= 0.3 is 16.5 Å². The topological polar surface area (TPSA) is 195 Å². The summed E-state index contributed by atoms with van der Waals surface area (Å²) in [6.45, 7) is 3.89. The third-order valence-corrected chi connectivity index (χ3v) is 0. The molecule has 0 atom stereocenters. The van der Waals surface area contributed by atoms with Crippen LogP contribution in [-0.2, 0) is 41.1 Å². The number of aliphatic carboxylic acids is 4. The molecule has 0 saturated carbocycles. The van der Waals surface area contributed by atoms with E-state index in [1.807, 2.05) is 0 Å². The standard InChI is InChI=1S/4C2H4O2.Ni.H4O/c4*1-2(3)4;;/h4*1H3,(H,3,4);;1H4/q;;;;2*+2/p-4. The summed E-state index contributed by atoms with van der Waals surface area (Å²) in [5, 5.41) is 35.6. The third-order valence-electron chi connectivity index (χ3n) is 0. The Labute approximate surface area is 114 Å². The second kappa shape index (κ2) is 29.5. The van der Waals surface area contributed by atoms with Crippen LogP contribution in [0.2, 0.25) is 0 Å². The molecule has 0 spiro atoms. The first-order valence-electron chi connectivity index (χ1n) is 3.63. The molecule has 0 aliphatic heterocycles. The van der Waals surface area contributed by atoms with Crippen molar-refractivity contribution in [2.75, 3.05) is 0 Å². The Kier molecular flexibility index (Phi) is 58.9. The number of carboxylic acid groups (broad SMARTS) is 4. The van der Waals surface area contributed by atoms with Gasteiger partial charge in [-0.15, -0.1) is 0 Å². The average molecular weight is 315 g/mol. The Morgan fingerprint density at radius 3 is 0.556 bits per heavy atom. The minimum atomic E-state index is -1.08. The van der Waals surface area contributed by atoms with Gasteiger partial charge in [0.25, 0.3) is 0 Å². The predicted molar refractivity (Wildman–Crippen MR) is 49.0 cm³/mol. The van der Waals surface area contributed by atoms with E-state index in [0.29, 0.717) is 0 Å². The van der Waals surface area contributed by atoms with Crippen LogP contribution >= 0.6 is 0 Å². The van der Waals surface area contributed by atoms with Crippen molar-refractivity contribution in [3.63, 3.8) is 0 Å². The first-order chi connectivity index (χ1) is 6.93. The van der Waals surface area contributed by atoms with Gasteiger partial charge in [0.1, 0.15) is 0 Å². The van der Waals surface area contributed by atoms with Crippen molar-refractivity contribution in [2.24, 2.45) is 0 Å². The molecular weight excluding hydrogens is 299 g/mol. The summed E-state index contributed by atoms with van der Waals surface area (Å²) in [6, 6.07) is 0. The van der Waals surface area contributed by atoms with E-state index in [1.165, 1.54) is 0 Å². The van der Waals surface area contributed by atoms with Crippen LogP contribution in [0.1, 0.15) is 27.7 Å². The van der Waals surface area contributed by atoms with Crippen LogP contribution in [0.5, 0.6) is 0 Å². The molecule has 0 bridgehead atoms. The second-order valence-corrected chi connectivity index (χ2v) is 1.97. The predicted octanol–water partition coefficient (Wildman–Crippen LogP) is -6.17. The van der Waals surface area contributed by atoms with E-state index in [-0.39, 0.29) is 22.0 Å². The molecule has 0 aromatic rings. The summed E-state index contributed by atoms with van der Waals surface area (Å²) < 4.78 is 0. The zero-order valence-electron chi connectivity index (χ0n) is 10.3. The van der Waals surface area contributed by atoms with Gasteiger partial charge in [-0.05, 0) is 27.7 Å². The fourth-order valence-corrected chi connectivity index (χ4v) is 0. The molecule has 0 radical (unpaired) electrons. The van der Waals surface area contributed by atoms with Gasteiger partial charge in [-0.1, -0.05) is 0 Å². The van der Waals surface area contributed by atoms with Gasteiger partial charge in [-0.2, -0.15) is 0 Å². The van der Waals surface area contributed by atoms with Crippen molar-refractivity contribution in [1.82, 2.24) is 0 Å². The van der Waals surface area contributed by atoms with Gasteiger partial charge in [0.15, 0.2) is 0 Å². The van der Waals surface area contributed by atoms with E-state index in [4.69, 9.17) is 39.6 Å². The molecule has 0 aromatic heterocycles. The molecule has 0 aliphatic rings. The fourth-order valence-electron chi connectivity index (χ4n) is 0. The monoisotopic (exact) mass is 314 g/mol. The van der Waals surface area contributed by atoms with E-state index in [1.54, 1.807) is 0 Å². The number of hydrogen-bond acceptors (Lipinski definition) is 8. The summed E-state index contributed by atoms with van der Waals surface area (Å²) in [7, 11) is 0. The molecule has 0 rings (SSSR count). The first kappa shape index (κ1) is 36.0. The maximum Gasteiger partial charge on any atom is 2.00 e. The minimum absolute atomic E-state index is 0. The van der Waals surface area contributed by atoms with Crippen LogP contribution in [0.4, 0.5) is 0 Å². The third kappa shape index (κ3) is 918. The van der Waals surface area contributed by atoms with Crippen molar-refractivity contribution in [3.05, 3.63) is 0 Å². The first-order valence-corrected chi connectivity index (χ1v) is 3.63. The van der Waals surface area contributed by atoms with Gasteiger partial charge in [0, 0.05) is 23.9 Å². The Morgan fingerprint density at radius 2 is 0.556 bits per heavy atom. The van der Waals surface area contributed by atoms with Crippen molar-refractivity contribution in [2.45, 2.75) is 27.7 Å². The Hall–Kier alpha value is -1.67. The van der Waals surface area contributed by atoms with Crippen LogP contribution in [0, 0.1) is 0 Å². The summed E-state index contributed by atoms with van der Waals surface area (Å²) in [5.74, 6) is -4.33. The number of carbonyl (C=O) groups is 4. The SMILES string of the molecule is CC(=O)[O-].CC(=O)[O-].CC(=O)[O-].CC(=O)[O-].[Ni+2].[OH4+2]. The molecule has 10 heteroatoms. The molecule has 0 fully saturated rings. The smallest absolute Gasteiger partial charge is 0.873 e. The maximum absolute atomic E-state index is 8.89. The average Bonchev–Trinajstić information content (AvgIpc) is 1.76. The Morgan fingerprint density at radius 1 is 0.556 bits per heavy atom. The van der Waals surface area contributed by atoms with Crippen molar-refractivity contribution >= 4 is 23.9 Å². The minimum Gasteiger partial charge on any atom is -0.873 e. The zero-order valence-corrected chi connectivity index (χ0v) is 11.3. The maximum atomic E-state index is 8.89. The van der Waals surface area contributed by atoms with E-state index >= 15 is 0 Å². The van der Waals surface area contributed by atoms with E-state index < -0.39 is 23.9 Å².